The van der Waals surface area contributed by atoms with Gasteiger partial charge in [0, 0.05) is 0 Å². The summed E-state index contributed by atoms with van der Waals surface area (Å²) in [5, 5.41) is 2.64. The van der Waals surface area contributed by atoms with Crippen LogP contribution in [0.3, 0.4) is 0 Å². The van der Waals surface area contributed by atoms with Crippen LogP contribution < -0.4 is 5.32 Å². The van der Waals surface area contributed by atoms with Gasteiger partial charge in [-0.15, -0.1) is 11.3 Å². The number of methoxy groups -OCH3 is 1. The smallest absolute Gasteiger partial charge is 0.328 e. The molecule has 0 bridgehead atoms. The van der Waals surface area contributed by atoms with Crippen LogP contribution in [0, 0.1) is 5.92 Å². The number of esters is 1. The van der Waals surface area contributed by atoms with Gasteiger partial charge in [0.2, 0.25) is 0 Å². The highest BCUT2D eigenvalue weighted by Gasteiger charge is 2.25. The average Bonchev–Trinajstić information content (AvgIpc) is 2.71. The van der Waals surface area contributed by atoms with Gasteiger partial charge >= 0.3 is 5.97 Å². The van der Waals surface area contributed by atoms with Crippen molar-refractivity contribution in [3.63, 3.8) is 0 Å². The summed E-state index contributed by atoms with van der Waals surface area (Å²) in [5.41, 5.74) is 0. The molecular weight excluding hydrogens is 262 g/mol. The number of carbonyl (C=O) groups is 2. The lowest BCUT2D eigenvalue weighted by Gasteiger charge is -2.19. The van der Waals surface area contributed by atoms with Gasteiger partial charge in [0.25, 0.3) is 5.91 Å². The molecule has 0 saturated carbocycles. The summed E-state index contributed by atoms with van der Waals surface area (Å²) in [5.74, 6) is -0.802. The first kappa shape index (κ1) is 14.0. The highest BCUT2D eigenvalue weighted by atomic mass is 35.5. The number of hydrogen-bond acceptors (Lipinski definition) is 4. The van der Waals surface area contributed by atoms with Crippen molar-refractivity contribution in [1.82, 2.24) is 5.32 Å². The summed E-state index contributed by atoms with van der Waals surface area (Å²) >= 11 is 6.91. The molecule has 1 aromatic heterocycles. The van der Waals surface area contributed by atoms with Crippen molar-refractivity contribution >= 4 is 34.8 Å². The van der Waals surface area contributed by atoms with E-state index in [2.05, 4.69) is 10.1 Å². The second-order valence-electron chi connectivity index (χ2n) is 3.82. The summed E-state index contributed by atoms with van der Waals surface area (Å²) < 4.78 is 5.18. The molecule has 0 aliphatic heterocycles. The van der Waals surface area contributed by atoms with E-state index in [1.165, 1.54) is 18.4 Å². The highest BCUT2D eigenvalue weighted by molar-refractivity contribution is 7.18. The second kappa shape index (κ2) is 6.02. The number of halogens is 1. The lowest BCUT2D eigenvalue weighted by atomic mass is 10.0. The number of ether oxygens (including phenoxy) is 1. The number of nitrogens with one attached hydrogen (secondary N) is 1. The lowest BCUT2D eigenvalue weighted by molar-refractivity contribution is -0.144. The van der Waals surface area contributed by atoms with Crippen LogP contribution in [0.1, 0.15) is 23.5 Å². The third-order valence-corrected chi connectivity index (χ3v) is 3.44. The van der Waals surface area contributed by atoms with Crippen molar-refractivity contribution in [2.24, 2.45) is 5.92 Å². The maximum Gasteiger partial charge on any atom is 0.328 e. The number of thiophene rings is 1. The predicted molar refractivity (Wildman–Crippen MR) is 67.4 cm³/mol. The van der Waals surface area contributed by atoms with Crippen molar-refractivity contribution in [3.05, 3.63) is 21.3 Å². The predicted octanol–water partition coefficient (Wildman–Crippen LogP) is 2.33. The van der Waals surface area contributed by atoms with E-state index >= 15 is 0 Å². The number of carbonyl (C=O) groups excluding carboxylic acids is 2. The molecular formula is C11H14ClNO3S. The van der Waals surface area contributed by atoms with Crippen LogP contribution in [0.25, 0.3) is 0 Å². The van der Waals surface area contributed by atoms with E-state index in [9.17, 15) is 9.59 Å². The fraction of sp³-hybridized carbons (Fsp3) is 0.455. The SMILES string of the molecule is COC(=O)C(NC(=O)c1ccc(Cl)s1)C(C)C. The number of amides is 1. The summed E-state index contributed by atoms with van der Waals surface area (Å²) in [6.45, 7) is 3.67. The molecule has 1 amide bonds. The summed E-state index contributed by atoms with van der Waals surface area (Å²) in [7, 11) is 1.30. The zero-order valence-corrected chi connectivity index (χ0v) is 11.4. The Morgan fingerprint density at radius 2 is 2.06 bits per heavy atom. The highest BCUT2D eigenvalue weighted by Crippen LogP contribution is 2.21. The van der Waals surface area contributed by atoms with E-state index in [0.29, 0.717) is 9.21 Å². The molecule has 1 N–H and O–H groups in total. The van der Waals surface area contributed by atoms with Crippen molar-refractivity contribution in [2.45, 2.75) is 19.9 Å². The Labute approximate surface area is 109 Å². The summed E-state index contributed by atoms with van der Waals surface area (Å²) in [4.78, 5) is 23.8. The molecule has 0 radical (unpaired) electrons. The first-order valence-electron chi connectivity index (χ1n) is 5.09. The molecule has 0 fully saturated rings. The van der Waals surface area contributed by atoms with Gasteiger partial charge in [-0.2, -0.15) is 0 Å². The summed E-state index contributed by atoms with van der Waals surface area (Å²) in [6.07, 6.45) is 0. The minimum Gasteiger partial charge on any atom is -0.467 e. The summed E-state index contributed by atoms with van der Waals surface area (Å²) in [6, 6.07) is 2.62. The molecule has 0 aliphatic carbocycles. The van der Waals surface area contributed by atoms with Gasteiger partial charge in [-0.1, -0.05) is 25.4 Å². The molecule has 1 heterocycles. The van der Waals surface area contributed by atoms with E-state index in [-0.39, 0.29) is 11.8 Å². The molecule has 0 spiro atoms. The van der Waals surface area contributed by atoms with Gasteiger partial charge in [-0.3, -0.25) is 4.79 Å². The van der Waals surface area contributed by atoms with Gasteiger partial charge in [0.05, 0.1) is 16.3 Å². The topological polar surface area (TPSA) is 55.4 Å². The lowest BCUT2D eigenvalue weighted by Crippen LogP contribution is -2.44. The van der Waals surface area contributed by atoms with Crippen molar-refractivity contribution in [2.75, 3.05) is 7.11 Å². The van der Waals surface area contributed by atoms with Crippen LogP contribution in [0.15, 0.2) is 12.1 Å². The van der Waals surface area contributed by atoms with Crippen LogP contribution in [0.4, 0.5) is 0 Å². The number of rotatable bonds is 4. The van der Waals surface area contributed by atoms with E-state index in [0.717, 1.165) is 0 Å². The van der Waals surface area contributed by atoms with E-state index in [1.807, 2.05) is 13.8 Å². The molecule has 0 aromatic carbocycles. The fourth-order valence-electron chi connectivity index (χ4n) is 1.27. The minimum atomic E-state index is -0.645. The molecule has 4 nitrogen and oxygen atoms in total. The first-order valence-corrected chi connectivity index (χ1v) is 6.29. The second-order valence-corrected chi connectivity index (χ2v) is 5.54. The maximum absolute atomic E-state index is 11.8. The Hall–Kier alpha value is -1.07. The van der Waals surface area contributed by atoms with Crippen LogP contribution in [-0.2, 0) is 9.53 Å². The van der Waals surface area contributed by atoms with E-state index < -0.39 is 12.0 Å². The zero-order valence-electron chi connectivity index (χ0n) is 9.82. The molecule has 1 atom stereocenters. The third-order valence-electron chi connectivity index (χ3n) is 2.21. The largest absolute Gasteiger partial charge is 0.467 e. The molecule has 17 heavy (non-hydrogen) atoms. The number of hydrogen-bond donors (Lipinski definition) is 1. The van der Waals surface area contributed by atoms with E-state index in [1.54, 1.807) is 12.1 Å². The Balaban J connectivity index is 2.74. The monoisotopic (exact) mass is 275 g/mol. The van der Waals surface area contributed by atoms with Crippen molar-refractivity contribution < 1.29 is 14.3 Å². The quantitative estimate of drug-likeness (QED) is 0.858. The fourth-order valence-corrected chi connectivity index (χ4v) is 2.22. The zero-order chi connectivity index (χ0) is 13.0. The van der Waals surface area contributed by atoms with Gasteiger partial charge in [0.15, 0.2) is 0 Å². The normalized spacial score (nSPS) is 12.3. The molecule has 6 heteroatoms. The Morgan fingerprint density at radius 3 is 2.47 bits per heavy atom. The average molecular weight is 276 g/mol. The van der Waals surface area contributed by atoms with Crippen molar-refractivity contribution in [3.8, 4) is 0 Å². The van der Waals surface area contributed by atoms with Gasteiger partial charge in [0.1, 0.15) is 6.04 Å². The van der Waals surface area contributed by atoms with E-state index in [4.69, 9.17) is 11.6 Å². The third kappa shape index (κ3) is 3.71. The van der Waals surface area contributed by atoms with Crippen LogP contribution in [0.2, 0.25) is 4.34 Å². The molecule has 1 unspecified atom stereocenters. The maximum atomic E-state index is 11.8. The molecule has 94 valence electrons. The van der Waals surface area contributed by atoms with Crippen LogP contribution >= 0.6 is 22.9 Å². The first-order chi connectivity index (χ1) is 7.95. The van der Waals surface area contributed by atoms with Crippen LogP contribution in [0.5, 0.6) is 0 Å². The molecule has 0 aliphatic rings. The van der Waals surface area contributed by atoms with Gasteiger partial charge in [-0.05, 0) is 18.1 Å². The van der Waals surface area contributed by atoms with Gasteiger partial charge < -0.3 is 10.1 Å². The minimum absolute atomic E-state index is 0.0400. The van der Waals surface area contributed by atoms with Gasteiger partial charge in [-0.25, -0.2) is 4.79 Å². The molecule has 0 saturated heterocycles. The Bertz CT molecular complexity index is 417. The Kier molecular flexibility index (Phi) is 4.96. The molecule has 1 rings (SSSR count). The van der Waals surface area contributed by atoms with Crippen LogP contribution in [-0.4, -0.2) is 25.0 Å². The molecule has 1 aromatic rings. The van der Waals surface area contributed by atoms with Crippen molar-refractivity contribution in [1.29, 1.82) is 0 Å². The standard InChI is InChI=1S/C11H14ClNO3S/c1-6(2)9(11(15)16-3)13-10(14)7-4-5-8(12)17-7/h4-6,9H,1-3H3,(H,13,14). The Morgan fingerprint density at radius 1 is 1.41 bits per heavy atom.